The van der Waals surface area contributed by atoms with Crippen LogP contribution in [0.2, 0.25) is 0 Å². The van der Waals surface area contributed by atoms with Crippen molar-refractivity contribution in [2.24, 2.45) is 5.73 Å². The van der Waals surface area contributed by atoms with E-state index >= 15 is 0 Å². The van der Waals surface area contributed by atoms with Gasteiger partial charge < -0.3 is 15.4 Å². The number of nitro groups is 1. The van der Waals surface area contributed by atoms with E-state index in [1.54, 1.807) is 11.0 Å². The van der Waals surface area contributed by atoms with Crippen LogP contribution in [0.4, 0.5) is 11.4 Å². The second-order valence-electron chi connectivity index (χ2n) is 5.80. The van der Waals surface area contributed by atoms with Gasteiger partial charge in [0.2, 0.25) is 6.10 Å². The summed E-state index contributed by atoms with van der Waals surface area (Å²) in [5, 5.41) is 11.1. The Hall–Kier alpha value is -2.93. The molecule has 2 N–H and O–H groups in total. The van der Waals surface area contributed by atoms with Crippen LogP contribution < -0.4 is 15.4 Å². The molecule has 0 saturated carbocycles. The predicted molar refractivity (Wildman–Crippen MR) is 93.5 cm³/mol. The lowest BCUT2D eigenvalue weighted by Crippen LogP contribution is -2.41. The van der Waals surface area contributed by atoms with E-state index in [4.69, 9.17) is 10.5 Å². The molecule has 1 heterocycles. The van der Waals surface area contributed by atoms with E-state index in [1.807, 2.05) is 30.3 Å². The Morgan fingerprint density at radius 3 is 2.60 bits per heavy atom. The second kappa shape index (κ2) is 7.31. The summed E-state index contributed by atoms with van der Waals surface area (Å²) in [4.78, 5) is 25.1. The summed E-state index contributed by atoms with van der Waals surface area (Å²) in [7, 11) is 0. The average Bonchev–Trinajstić information content (AvgIpc) is 2.63. The fourth-order valence-corrected chi connectivity index (χ4v) is 2.85. The first-order valence-electron chi connectivity index (χ1n) is 8.13. The molecule has 1 aliphatic heterocycles. The SMILES string of the molecule is NCCCCN1C(=O)C(c2ccccc2)Oc2ccc([N+](=O)[O-])cc21. The van der Waals surface area contributed by atoms with Crippen molar-refractivity contribution < 1.29 is 14.5 Å². The minimum Gasteiger partial charge on any atom is -0.474 e. The number of ether oxygens (including phenoxy) is 1. The summed E-state index contributed by atoms with van der Waals surface area (Å²) in [5.41, 5.74) is 6.65. The van der Waals surface area contributed by atoms with E-state index in [-0.39, 0.29) is 11.6 Å². The minimum atomic E-state index is -0.756. The van der Waals surface area contributed by atoms with Gasteiger partial charge in [0.05, 0.1) is 10.6 Å². The highest BCUT2D eigenvalue weighted by molar-refractivity contribution is 6.00. The minimum absolute atomic E-state index is 0.0721. The van der Waals surface area contributed by atoms with Crippen molar-refractivity contribution in [3.05, 3.63) is 64.2 Å². The summed E-state index contributed by atoms with van der Waals surface area (Å²) in [5.74, 6) is 0.239. The first-order valence-corrected chi connectivity index (χ1v) is 8.13. The van der Waals surface area contributed by atoms with E-state index in [2.05, 4.69) is 0 Å². The molecule has 3 rings (SSSR count). The molecule has 25 heavy (non-hydrogen) atoms. The van der Waals surface area contributed by atoms with Crippen LogP contribution in [0, 0.1) is 10.1 Å². The Kier molecular flexibility index (Phi) is 4.95. The third-order valence-corrected chi connectivity index (χ3v) is 4.12. The fourth-order valence-electron chi connectivity index (χ4n) is 2.85. The lowest BCUT2D eigenvalue weighted by molar-refractivity contribution is -0.384. The number of nitro benzene ring substituents is 1. The summed E-state index contributed by atoms with van der Waals surface area (Å²) in [6.45, 7) is 0.972. The maximum Gasteiger partial charge on any atom is 0.272 e. The third kappa shape index (κ3) is 3.46. The summed E-state index contributed by atoms with van der Waals surface area (Å²) < 4.78 is 5.86. The number of carbonyl (C=O) groups excluding carboxylic acids is 1. The molecule has 0 aliphatic carbocycles. The number of carbonyl (C=O) groups is 1. The highest BCUT2D eigenvalue weighted by Gasteiger charge is 2.36. The third-order valence-electron chi connectivity index (χ3n) is 4.12. The van der Waals surface area contributed by atoms with Crippen LogP contribution in [-0.2, 0) is 4.79 Å². The second-order valence-corrected chi connectivity index (χ2v) is 5.80. The van der Waals surface area contributed by atoms with Crippen LogP contribution in [0.5, 0.6) is 5.75 Å². The van der Waals surface area contributed by atoms with Crippen molar-refractivity contribution in [1.82, 2.24) is 0 Å². The molecular formula is C18H19N3O4. The number of benzene rings is 2. The number of hydrogen-bond donors (Lipinski definition) is 1. The van der Waals surface area contributed by atoms with Crippen molar-refractivity contribution in [2.75, 3.05) is 18.0 Å². The fraction of sp³-hybridized carbons (Fsp3) is 0.278. The van der Waals surface area contributed by atoms with Crippen molar-refractivity contribution in [1.29, 1.82) is 0 Å². The zero-order chi connectivity index (χ0) is 17.8. The molecule has 1 atom stereocenters. The van der Waals surface area contributed by atoms with Gasteiger partial charge in [-0.25, -0.2) is 0 Å². The van der Waals surface area contributed by atoms with E-state index in [0.717, 1.165) is 12.0 Å². The topological polar surface area (TPSA) is 98.7 Å². The van der Waals surface area contributed by atoms with Gasteiger partial charge in [0.25, 0.3) is 11.6 Å². The maximum atomic E-state index is 13.0. The summed E-state index contributed by atoms with van der Waals surface area (Å²) in [6, 6.07) is 13.5. The van der Waals surface area contributed by atoms with Gasteiger partial charge in [-0.15, -0.1) is 0 Å². The van der Waals surface area contributed by atoms with Crippen molar-refractivity contribution >= 4 is 17.3 Å². The van der Waals surface area contributed by atoms with Crippen molar-refractivity contribution in [3.8, 4) is 5.75 Å². The zero-order valence-corrected chi connectivity index (χ0v) is 13.6. The van der Waals surface area contributed by atoms with Crippen LogP contribution in [0.3, 0.4) is 0 Å². The number of nitrogens with zero attached hydrogens (tertiary/aromatic N) is 2. The van der Waals surface area contributed by atoms with Crippen LogP contribution in [0.25, 0.3) is 0 Å². The van der Waals surface area contributed by atoms with Crippen molar-refractivity contribution in [2.45, 2.75) is 18.9 Å². The van der Waals surface area contributed by atoms with Crippen LogP contribution in [0.15, 0.2) is 48.5 Å². The van der Waals surface area contributed by atoms with Crippen LogP contribution in [-0.4, -0.2) is 23.9 Å². The van der Waals surface area contributed by atoms with E-state index in [1.165, 1.54) is 12.1 Å². The number of unbranched alkanes of at least 4 members (excludes halogenated alkanes) is 1. The summed E-state index contributed by atoms with van der Waals surface area (Å²) in [6.07, 6.45) is 0.726. The van der Waals surface area contributed by atoms with E-state index < -0.39 is 11.0 Å². The molecule has 2 aromatic rings. The van der Waals surface area contributed by atoms with E-state index in [0.29, 0.717) is 30.9 Å². The number of hydrogen-bond acceptors (Lipinski definition) is 5. The molecule has 2 aromatic carbocycles. The molecule has 0 spiro atoms. The number of rotatable bonds is 6. The van der Waals surface area contributed by atoms with Crippen LogP contribution in [0.1, 0.15) is 24.5 Å². The largest absolute Gasteiger partial charge is 0.474 e. The molecule has 0 radical (unpaired) electrons. The molecule has 0 aromatic heterocycles. The van der Waals surface area contributed by atoms with Gasteiger partial charge in [0, 0.05) is 24.2 Å². The van der Waals surface area contributed by atoms with Gasteiger partial charge >= 0.3 is 0 Å². The first-order chi connectivity index (χ1) is 12.1. The number of nitrogens with two attached hydrogens (primary N) is 1. The first kappa shape index (κ1) is 16.9. The molecule has 1 aliphatic rings. The Balaban J connectivity index is 1.99. The number of non-ortho nitro benzene ring substituents is 1. The van der Waals surface area contributed by atoms with Gasteiger partial charge in [-0.1, -0.05) is 30.3 Å². The van der Waals surface area contributed by atoms with Crippen LogP contribution >= 0.6 is 0 Å². The van der Waals surface area contributed by atoms with E-state index in [9.17, 15) is 14.9 Å². The molecule has 7 heteroatoms. The number of anilines is 1. The molecular weight excluding hydrogens is 322 g/mol. The lowest BCUT2D eigenvalue weighted by Gasteiger charge is -2.34. The molecule has 0 bridgehead atoms. The standard InChI is InChI=1S/C18H19N3O4/c19-10-4-5-11-20-15-12-14(21(23)24)8-9-16(15)25-17(18(20)22)13-6-2-1-3-7-13/h1-3,6-9,12,17H,4-5,10-11,19H2. The highest BCUT2D eigenvalue weighted by Crippen LogP contribution is 2.41. The van der Waals surface area contributed by atoms with Gasteiger partial charge in [0.15, 0.2) is 0 Å². The normalized spacial score (nSPS) is 16.3. The molecule has 1 amide bonds. The number of fused-ring (bicyclic) bond motifs is 1. The molecule has 130 valence electrons. The van der Waals surface area contributed by atoms with Crippen molar-refractivity contribution in [3.63, 3.8) is 0 Å². The smallest absolute Gasteiger partial charge is 0.272 e. The van der Waals surface area contributed by atoms with Gasteiger partial charge in [-0.2, -0.15) is 0 Å². The number of amides is 1. The Morgan fingerprint density at radius 2 is 1.92 bits per heavy atom. The Morgan fingerprint density at radius 1 is 1.16 bits per heavy atom. The zero-order valence-electron chi connectivity index (χ0n) is 13.6. The van der Waals surface area contributed by atoms with Gasteiger partial charge in [0.1, 0.15) is 5.75 Å². The molecule has 7 nitrogen and oxygen atoms in total. The maximum absolute atomic E-state index is 13.0. The summed E-state index contributed by atoms with van der Waals surface area (Å²) >= 11 is 0. The van der Waals surface area contributed by atoms with Gasteiger partial charge in [-0.3, -0.25) is 14.9 Å². The molecule has 0 fully saturated rings. The molecule has 0 saturated heterocycles. The molecule has 1 unspecified atom stereocenters. The van der Waals surface area contributed by atoms with Gasteiger partial charge in [-0.05, 0) is 25.5 Å². The highest BCUT2D eigenvalue weighted by atomic mass is 16.6. The average molecular weight is 341 g/mol. The lowest BCUT2D eigenvalue weighted by atomic mass is 10.0. The monoisotopic (exact) mass is 341 g/mol. The predicted octanol–water partition coefficient (Wildman–Crippen LogP) is 2.80. The Bertz CT molecular complexity index is 779. The quantitative estimate of drug-likeness (QED) is 0.495. The Labute approximate surface area is 145 Å².